The molecule has 1 N–H and O–H groups in total. The largest absolute Gasteiger partial charge is 0.497 e. The Kier molecular flexibility index (Phi) is 9.56. The lowest BCUT2D eigenvalue weighted by atomic mass is 9.97. The Hall–Kier alpha value is -3.63. The van der Waals surface area contributed by atoms with Crippen LogP contribution in [0.4, 0.5) is 4.79 Å². The van der Waals surface area contributed by atoms with E-state index < -0.39 is 0 Å². The third-order valence-electron chi connectivity index (χ3n) is 6.80. The first-order valence-electron chi connectivity index (χ1n) is 13.0. The third kappa shape index (κ3) is 6.62. The summed E-state index contributed by atoms with van der Waals surface area (Å²) in [7, 11) is 3.24. The molecular weight excluding hydrogens is 486 g/mol. The van der Waals surface area contributed by atoms with E-state index in [2.05, 4.69) is 10.2 Å². The molecule has 0 saturated carbocycles. The summed E-state index contributed by atoms with van der Waals surface area (Å²) in [5, 5.41) is 9.13. The number of methoxy groups -OCH3 is 2. The molecule has 1 atom stereocenters. The second-order valence-corrected chi connectivity index (χ2v) is 9.19. The molecule has 0 spiro atoms. The highest BCUT2D eigenvalue weighted by Crippen LogP contribution is 2.37. The van der Waals surface area contributed by atoms with Crippen molar-refractivity contribution >= 4 is 17.6 Å². The zero-order valence-corrected chi connectivity index (χ0v) is 22.4. The number of ether oxygens (including phenoxy) is 3. The zero-order chi connectivity index (χ0) is 26.9. The molecule has 0 bridgehead atoms. The van der Waals surface area contributed by atoms with Crippen LogP contribution in [0.1, 0.15) is 30.5 Å². The van der Waals surface area contributed by atoms with Crippen LogP contribution in [0.25, 0.3) is 0 Å². The molecule has 0 radical (unpaired) electrons. The van der Waals surface area contributed by atoms with Crippen LogP contribution in [-0.2, 0) is 9.53 Å². The van der Waals surface area contributed by atoms with E-state index in [-0.39, 0.29) is 24.5 Å². The number of urea groups is 1. The molecular formula is C28H37N5O5. The number of hydrogen-bond acceptors (Lipinski definition) is 7. The molecule has 0 aliphatic carbocycles. The lowest BCUT2D eigenvalue weighted by molar-refractivity contribution is -0.133. The van der Waals surface area contributed by atoms with Crippen molar-refractivity contribution in [3.05, 3.63) is 59.7 Å². The van der Waals surface area contributed by atoms with Crippen LogP contribution in [0.5, 0.6) is 11.5 Å². The lowest BCUT2D eigenvalue weighted by Crippen LogP contribution is -2.49. The SMILES string of the molecule is CCNC(=O)N(CCN1CCOCC1)CC(=O)N1N=C(c2cccc(OC)c2)CC1c1ccccc1OC. The van der Waals surface area contributed by atoms with E-state index in [9.17, 15) is 9.59 Å². The molecule has 3 amide bonds. The number of hydrazone groups is 1. The van der Waals surface area contributed by atoms with Gasteiger partial charge in [0.2, 0.25) is 0 Å². The summed E-state index contributed by atoms with van der Waals surface area (Å²) in [6.07, 6.45) is 0.508. The van der Waals surface area contributed by atoms with Crippen molar-refractivity contribution in [2.75, 3.05) is 66.7 Å². The third-order valence-corrected chi connectivity index (χ3v) is 6.80. The van der Waals surface area contributed by atoms with Gasteiger partial charge in [-0.15, -0.1) is 0 Å². The smallest absolute Gasteiger partial charge is 0.317 e. The molecule has 2 aromatic rings. The van der Waals surface area contributed by atoms with Crippen molar-refractivity contribution in [3.63, 3.8) is 0 Å². The highest BCUT2D eigenvalue weighted by molar-refractivity contribution is 6.03. The van der Waals surface area contributed by atoms with Gasteiger partial charge in [-0.3, -0.25) is 9.69 Å². The van der Waals surface area contributed by atoms with E-state index in [1.807, 2.05) is 55.5 Å². The number of carbonyl (C=O) groups excluding carboxylic acids is 2. The van der Waals surface area contributed by atoms with Gasteiger partial charge in [-0.25, -0.2) is 9.80 Å². The van der Waals surface area contributed by atoms with E-state index in [0.717, 1.165) is 29.9 Å². The van der Waals surface area contributed by atoms with Gasteiger partial charge in [0.15, 0.2) is 0 Å². The maximum absolute atomic E-state index is 13.8. The number of nitrogens with zero attached hydrogens (tertiary/aromatic N) is 4. The van der Waals surface area contributed by atoms with E-state index >= 15 is 0 Å². The fraction of sp³-hybridized carbons (Fsp3) is 0.464. The van der Waals surface area contributed by atoms with Gasteiger partial charge < -0.3 is 24.4 Å². The highest BCUT2D eigenvalue weighted by Gasteiger charge is 2.36. The Morgan fingerprint density at radius 2 is 1.89 bits per heavy atom. The Labute approximate surface area is 224 Å². The predicted octanol–water partition coefficient (Wildman–Crippen LogP) is 2.75. The molecule has 2 aromatic carbocycles. The summed E-state index contributed by atoms with van der Waals surface area (Å²) in [4.78, 5) is 30.5. The number of morpholine rings is 1. The molecule has 0 aromatic heterocycles. The van der Waals surface area contributed by atoms with Crippen molar-refractivity contribution in [1.29, 1.82) is 0 Å². The average Bonchev–Trinajstić information content (AvgIpc) is 3.41. The van der Waals surface area contributed by atoms with E-state index in [4.69, 9.17) is 19.3 Å². The summed E-state index contributed by atoms with van der Waals surface area (Å²) in [5.74, 6) is 1.15. The van der Waals surface area contributed by atoms with Crippen LogP contribution in [-0.4, -0.2) is 99.2 Å². The Morgan fingerprint density at radius 1 is 1.11 bits per heavy atom. The van der Waals surface area contributed by atoms with E-state index in [0.29, 0.717) is 50.8 Å². The number of rotatable bonds is 10. The summed E-state index contributed by atoms with van der Waals surface area (Å²) in [6.45, 7) is 6.33. The van der Waals surface area contributed by atoms with Crippen molar-refractivity contribution in [2.24, 2.45) is 5.10 Å². The number of benzene rings is 2. The minimum atomic E-state index is -0.366. The van der Waals surface area contributed by atoms with Crippen LogP contribution in [0.3, 0.4) is 0 Å². The van der Waals surface area contributed by atoms with Gasteiger partial charge in [0.1, 0.15) is 18.0 Å². The molecule has 4 rings (SSSR count). The molecule has 1 fully saturated rings. The molecule has 2 heterocycles. The molecule has 10 heteroatoms. The molecule has 2 aliphatic heterocycles. The highest BCUT2D eigenvalue weighted by atomic mass is 16.5. The van der Waals surface area contributed by atoms with Gasteiger partial charge in [-0.05, 0) is 25.1 Å². The van der Waals surface area contributed by atoms with Gasteiger partial charge in [0.05, 0.1) is 39.2 Å². The first kappa shape index (κ1) is 27.4. The Morgan fingerprint density at radius 3 is 2.63 bits per heavy atom. The average molecular weight is 524 g/mol. The number of carbonyl (C=O) groups is 2. The first-order chi connectivity index (χ1) is 18.5. The van der Waals surface area contributed by atoms with Crippen molar-refractivity contribution in [2.45, 2.75) is 19.4 Å². The second kappa shape index (κ2) is 13.3. The topological polar surface area (TPSA) is 95.9 Å². The van der Waals surface area contributed by atoms with E-state index in [1.165, 1.54) is 5.01 Å². The Balaban J connectivity index is 1.59. The maximum Gasteiger partial charge on any atom is 0.317 e. The molecule has 1 saturated heterocycles. The van der Waals surface area contributed by atoms with Crippen molar-refractivity contribution < 1.29 is 23.8 Å². The lowest BCUT2D eigenvalue weighted by Gasteiger charge is -2.31. The standard InChI is InChI=1S/C28H37N5O5/c1-4-29-28(35)32(13-12-31-14-16-38-17-15-31)20-27(34)33-25(23-10-5-6-11-26(23)37-3)19-24(30-33)21-8-7-9-22(18-21)36-2/h5-11,18,25H,4,12-17,19-20H2,1-3H3,(H,29,35). The first-order valence-corrected chi connectivity index (χ1v) is 13.0. The second-order valence-electron chi connectivity index (χ2n) is 9.19. The summed E-state index contributed by atoms with van der Waals surface area (Å²) in [6, 6.07) is 14.7. The summed E-state index contributed by atoms with van der Waals surface area (Å²) >= 11 is 0. The number of hydrogen-bond donors (Lipinski definition) is 1. The minimum Gasteiger partial charge on any atom is -0.497 e. The predicted molar refractivity (Wildman–Crippen MR) is 145 cm³/mol. The van der Waals surface area contributed by atoms with Crippen LogP contribution in [0.2, 0.25) is 0 Å². The van der Waals surface area contributed by atoms with Crippen molar-refractivity contribution in [3.8, 4) is 11.5 Å². The van der Waals surface area contributed by atoms with Gasteiger partial charge in [0, 0.05) is 50.3 Å². The monoisotopic (exact) mass is 523 g/mol. The minimum absolute atomic E-state index is 0.0866. The number of para-hydroxylation sites is 1. The number of amides is 3. The van der Waals surface area contributed by atoms with Gasteiger partial charge in [-0.2, -0.15) is 5.10 Å². The molecule has 10 nitrogen and oxygen atoms in total. The normalized spacial score (nSPS) is 17.6. The summed E-state index contributed by atoms with van der Waals surface area (Å²) in [5.41, 5.74) is 2.52. The molecule has 1 unspecified atom stereocenters. The van der Waals surface area contributed by atoms with Gasteiger partial charge in [0.25, 0.3) is 5.91 Å². The summed E-state index contributed by atoms with van der Waals surface area (Å²) < 4.78 is 16.4. The van der Waals surface area contributed by atoms with Crippen LogP contribution in [0, 0.1) is 0 Å². The molecule has 2 aliphatic rings. The van der Waals surface area contributed by atoms with Gasteiger partial charge in [-0.1, -0.05) is 30.3 Å². The van der Waals surface area contributed by atoms with E-state index in [1.54, 1.807) is 19.1 Å². The van der Waals surface area contributed by atoms with Crippen LogP contribution >= 0.6 is 0 Å². The fourth-order valence-corrected chi connectivity index (χ4v) is 4.74. The quantitative estimate of drug-likeness (QED) is 0.515. The number of nitrogens with one attached hydrogen (secondary N) is 1. The Bertz CT molecular complexity index is 1130. The van der Waals surface area contributed by atoms with Crippen molar-refractivity contribution in [1.82, 2.24) is 20.1 Å². The van der Waals surface area contributed by atoms with Crippen LogP contribution < -0.4 is 14.8 Å². The van der Waals surface area contributed by atoms with Crippen LogP contribution in [0.15, 0.2) is 53.6 Å². The maximum atomic E-state index is 13.8. The zero-order valence-electron chi connectivity index (χ0n) is 22.4. The van der Waals surface area contributed by atoms with Gasteiger partial charge >= 0.3 is 6.03 Å². The molecule has 38 heavy (non-hydrogen) atoms. The molecule has 204 valence electrons. The fourth-order valence-electron chi connectivity index (χ4n) is 4.74.